The number of piperazine rings is 1. The van der Waals surface area contributed by atoms with Crippen molar-refractivity contribution in [1.82, 2.24) is 15.2 Å². The van der Waals surface area contributed by atoms with Crippen LogP contribution in [-0.4, -0.2) is 55.1 Å². The van der Waals surface area contributed by atoms with Crippen molar-refractivity contribution in [1.29, 1.82) is 0 Å². The van der Waals surface area contributed by atoms with Crippen molar-refractivity contribution < 1.29 is 4.79 Å². The number of carbonyl (C=O) groups is 1. The van der Waals surface area contributed by atoms with Gasteiger partial charge < -0.3 is 10.2 Å². The van der Waals surface area contributed by atoms with Crippen LogP contribution in [0, 0.1) is 0 Å². The van der Waals surface area contributed by atoms with E-state index in [2.05, 4.69) is 20.1 Å². The summed E-state index contributed by atoms with van der Waals surface area (Å²) in [6.45, 7) is 5.56. The summed E-state index contributed by atoms with van der Waals surface area (Å²) in [6, 6.07) is 10.9. The molecule has 5 nitrogen and oxygen atoms in total. The third-order valence-electron chi connectivity index (χ3n) is 4.41. The summed E-state index contributed by atoms with van der Waals surface area (Å²) in [5, 5.41) is 3.86. The van der Waals surface area contributed by atoms with Gasteiger partial charge in [-0.15, -0.1) is 0 Å². The first kappa shape index (κ1) is 19.0. The average Bonchev–Trinajstić information content (AvgIpc) is 2.65. The van der Waals surface area contributed by atoms with E-state index in [0.29, 0.717) is 22.2 Å². The quantitative estimate of drug-likeness (QED) is 0.765. The number of benzene rings is 1. The Morgan fingerprint density at radius 3 is 2.46 bits per heavy atom. The van der Waals surface area contributed by atoms with E-state index in [0.717, 1.165) is 45.0 Å². The Morgan fingerprint density at radius 1 is 1.08 bits per heavy atom. The van der Waals surface area contributed by atoms with Gasteiger partial charge in [-0.25, -0.2) is 4.98 Å². The van der Waals surface area contributed by atoms with Gasteiger partial charge in [-0.2, -0.15) is 0 Å². The number of anilines is 1. The number of nitrogens with zero attached hydrogens (tertiary/aromatic N) is 3. The minimum absolute atomic E-state index is 0.144. The van der Waals surface area contributed by atoms with Gasteiger partial charge in [0, 0.05) is 54.5 Å². The summed E-state index contributed by atoms with van der Waals surface area (Å²) in [6.07, 6.45) is 2.74. The van der Waals surface area contributed by atoms with E-state index in [4.69, 9.17) is 23.2 Å². The molecule has 2 aromatic rings. The molecule has 0 saturated carbocycles. The molecule has 0 spiro atoms. The first-order valence-corrected chi connectivity index (χ1v) is 9.50. The zero-order valence-corrected chi connectivity index (χ0v) is 16.0. The fourth-order valence-corrected chi connectivity index (χ4v) is 3.56. The second kappa shape index (κ2) is 9.21. The van der Waals surface area contributed by atoms with Gasteiger partial charge in [-0.3, -0.25) is 9.69 Å². The first-order chi connectivity index (χ1) is 12.6. The van der Waals surface area contributed by atoms with E-state index in [9.17, 15) is 4.79 Å². The maximum absolute atomic E-state index is 12.1. The van der Waals surface area contributed by atoms with Gasteiger partial charge in [0.05, 0.1) is 0 Å². The van der Waals surface area contributed by atoms with Gasteiger partial charge in [-0.1, -0.05) is 29.3 Å². The van der Waals surface area contributed by atoms with Crippen molar-refractivity contribution in [2.24, 2.45) is 0 Å². The lowest BCUT2D eigenvalue weighted by atomic mass is 10.2. The highest BCUT2D eigenvalue weighted by Gasteiger charge is 2.17. The highest BCUT2D eigenvalue weighted by atomic mass is 35.5. The molecule has 26 heavy (non-hydrogen) atoms. The number of pyridine rings is 1. The number of halogens is 2. The van der Waals surface area contributed by atoms with Gasteiger partial charge in [0.1, 0.15) is 5.82 Å². The summed E-state index contributed by atoms with van der Waals surface area (Å²) in [7, 11) is 0. The van der Waals surface area contributed by atoms with Gasteiger partial charge in [0.15, 0.2) is 0 Å². The lowest BCUT2D eigenvalue weighted by Gasteiger charge is -2.35. The van der Waals surface area contributed by atoms with Crippen LogP contribution in [-0.2, 0) is 0 Å². The number of hydrogen-bond acceptors (Lipinski definition) is 4. The minimum Gasteiger partial charge on any atom is -0.354 e. The Morgan fingerprint density at radius 2 is 1.81 bits per heavy atom. The van der Waals surface area contributed by atoms with Crippen molar-refractivity contribution in [2.45, 2.75) is 6.42 Å². The highest BCUT2D eigenvalue weighted by molar-refractivity contribution is 6.35. The van der Waals surface area contributed by atoms with Crippen molar-refractivity contribution in [3.05, 3.63) is 58.2 Å². The smallest absolute Gasteiger partial charge is 0.251 e. The lowest BCUT2D eigenvalue weighted by Crippen LogP contribution is -2.47. The number of hydrogen-bond donors (Lipinski definition) is 1. The summed E-state index contributed by atoms with van der Waals surface area (Å²) in [4.78, 5) is 21.3. The normalized spacial score (nSPS) is 15.1. The molecular formula is C19H22Cl2N4O. The van der Waals surface area contributed by atoms with E-state index >= 15 is 0 Å². The maximum Gasteiger partial charge on any atom is 0.251 e. The van der Waals surface area contributed by atoms with Crippen LogP contribution in [0.15, 0.2) is 42.6 Å². The van der Waals surface area contributed by atoms with Gasteiger partial charge in [-0.05, 0) is 43.3 Å². The lowest BCUT2D eigenvalue weighted by molar-refractivity contribution is 0.0951. The Kier molecular flexibility index (Phi) is 6.72. The van der Waals surface area contributed by atoms with Crippen molar-refractivity contribution in [2.75, 3.05) is 44.2 Å². The summed E-state index contributed by atoms with van der Waals surface area (Å²) >= 11 is 11.9. The van der Waals surface area contributed by atoms with E-state index in [1.54, 1.807) is 18.2 Å². The molecule has 1 fully saturated rings. The second-order valence-corrected chi connectivity index (χ2v) is 7.16. The Labute approximate surface area is 163 Å². The molecule has 7 heteroatoms. The van der Waals surface area contributed by atoms with E-state index in [1.807, 2.05) is 24.4 Å². The van der Waals surface area contributed by atoms with Crippen LogP contribution in [0.3, 0.4) is 0 Å². The molecule has 3 rings (SSSR count). The Balaban J connectivity index is 1.36. The van der Waals surface area contributed by atoms with Crippen molar-refractivity contribution in [3.8, 4) is 0 Å². The highest BCUT2D eigenvalue weighted by Crippen LogP contribution is 2.19. The van der Waals surface area contributed by atoms with E-state index in [1.165, 1.54) is 0 Å². The number of carbonyl (C=O) groups excluding carboxylic acids is 1. The summed E-state index contributed by atoms with van der Waals surface area (Å²) < 4.78 is 0. The van der Waals surface area contributed by atoms with Crippen LogP contribution in [0.5, 0.6) is 0 Å². The monoisotopic (exact) mass is 392 g/mol. The molecule has 0 atom stereocenters. The molecule has 1 aromatic carbocycles. The molecular weight excluding hydrogens is 371 g/mol. The molecule has 1 aromatic heterocycles. The first-order valence-electron chi connectivity index (χ1n) is 8.74. The topological polar surface area (TPSA) is 48.5 Å². The zero-order valence-electron chi connectivity index (χ0n) is 14.5. The van der Waals surface area contributed by atoms with Crippen LogP contribution >= 0.6 is 23.2 Å². The van der Waals surface area contributed by atoms with Crippen LogP contribution in [0.2, 0.25) is 10.0 Å². The van der Waals surface area contributed by atoms with Crippen molar-refractivity contribution >= 4 is 34.9 Å². The van der Waals surface area contributed by atoms with E-state index < -0.39 is 0 Å². The molecule has 2 heterocycles. The van der Waals surface area contributed by atoms with Crippen LogP contribution < -0.4 is 10.2 Å². The molecule has 1 saturated heterocycles. The molecule has 1 N–H and O–H groups in total. The maximum atomic E-state index is 12.1. The fourth-order valence-electron chi connectivity index (χ4n) is 3.03. The predicted octanol–water partition coefficient (Wildman–Crippen LogP) is 3.33. The molecule has 1 aliphatic heterocycles. The standard InChI is InChI=1S/C19H22Cl2N4O/c20-16-12-15(13-17(21)14-16)19(26)23-6-3-7-24-8-10-25(11-9-24)18-4-1-2-5-22-18/h1-2,4-5,12-14H,3,6-11H2,(H,23,26). The van der Waals surface area contributed by atoms with Crippen LogP contribution in [0.1, 0.15) is 16.8 Å². The summed E-state index contributed by atoms with van der Waals surface area (Å²) in [5.41, 5.74) is 0.492. The molecule has 0 unspecified atom stereocenters. The SMILES string of the molecule is O=C(NCCCN1CCN(c2ccccn2)CC1)c1cc(Cl)cc(Cl)c1. The zero-order chi connectivity index (χ0) is 18.4. The molecule has 1 aliphatic rings. The Hall–Kier alpha value is -1.82. The number of rotatable bonds is 6. The molecule has 0 aliphatic carbocycles. The van der Waals surface area contributed by atoms with E-state index in [-0.39, 0.29) is 5.91 Å². The average molecular weight is 393 g/mol. The Bertz CT molecular complexity index is 713. The van der Waals surface area contributed by atoms with Gasteiger partial charge in [0.25, 0.3) is 5.91 Å². The van der Waals surface area contributed by atoms with Crippen LogP contribution in [0.25, 0.3) is 0 Å². The second-order valence-electron chi connectivity index (χ2n) is 6.28. The largest absolute Gasteiger partial charge is 0.354 e. The van der Waals surface area contributed by atoms with Crippen molar-refractivity contribution in [3.63, 3.8) is 0 Å². The third-order valence-corrected chi connectivity index (χ3v) is 4.84. The number of aromatic nitrogens is 1. The minimum atomic E-state index is -0.144. The van der Waals surface area contributed by atoms with Crippen LogP contribution in [0.4, 0.5) is 5.82 Å². The van der Waals surface area contributed by atoms with Gasteiger partial charge >= 0.3 is 0 Å². The molecule has 1 amide bonds. The third kappa shape index (κ3) is 5.34. The fraction of sp³-hybridized carbons (Fsp3) is 0.368. The molecule has 0 radical (unpaired) electrons. The molecule has 138 valence electrons. The predicted molar refractivity (Wildman–Crippen MR) is 106 cm³/mol. The number of amides is 1. The van der Waals surface area contributed by atoms with Gasteiger partial charge in [0.2, 0.25) is 0 Å². The molecule has 0 bridgehead atoms. The summed E-state index contributed by atoms with van der Waals surface area (Å²) in [5.74, 6) is 0.897. The number of nitrogens with one attached hydrogen (secondary N) is 1.